The van der Waals surface area contributed by atoms with E-state index in [0.29, 0.717) is 12.6 Å². The summed E-state index contributed by atoms with van der Waals surface area (Å²) in [7, 11) is 0. The molecule has 158 valence electrons. The molecule has 2 aromatic heterocycles. The van der Waals surface area contributed by atoms with E-state index in [1.165, 1.54) is 24.0 Å². The third-order valence-electron chi connectivity index (χ3n) is 6.13. The highest BCUT2D eigenvalue weighted by Crippen LogP contribution is 2.28. The van der Waals surface area contributed by atoms with Crippen LogP contribution in [0.25, 0.3) is 16.6 Å². The average molecular weight is 431 g/mol. The van der Waals surface area contributed by atoms with Gasteiger partial charge in [0, 0.05) is 29.2 Å². The molecule has 1 fully saturated rings. The highest BCUT2D eigenvalue weighted by atomic mass is 32.1. The Bertz CT molecular complexity index is 1260. The smallest absolute Gasteiger partial charge is 0.184 e. The van der Waals surface area contributed by atoms with E-state index in [1.54, 1.807) is 0 Å². The molecule has 0 aliphatic heterocycles. The van der Waals surface area contributed by atoms with Crippen molar-refractivity contribution in [1.29, 1.82) is 0 Å². The number of thiocarbonyl (C=S) groups is 1. The lowest BCUT2D eigenvalue weighted by atomic mass is 10.1. The van der Waals surface area contributed by atoms with Crippen molar-refractivity contribution in [2.45, 2.75) is 52.1 Å². The van der Waals surface area contributed by atoms with Crippen molar-refractivity contribution >= 4 is 39.6 Å². The molecule has 1 aliphatic carbocycles. The van der Waals surface area contributed by atoms with Crippen LogP contribution in [0.15, 0.2) is 48.5 Å². The molecule has 7 heteroatoms. The van der Waals surface area contributed by atoms with Gasteiger partial charge in [-0.25, -0.2) is 0 Å². The van der Waals surface area contributed by atoms with E-state index in [0.717, 1.165) is 45.8 Å². The molecule has 1 saturated carbocycles. The first-order valence-electron chi connectivity index (χ1n) is 10.8. The number of nitrogens with one attached hydrogen (secondary N) is 1. The molecule has 1 N–H and O–H groups in total. The van der Waals surface area contributed by atoms with Gasteiger partial charge in [-0.15, -0.1) is 5.10 Å². The van der Waals surface area contributed by atoms with Crippen LogP contribution >= 0.6 is 12.2 Å². The van der Waals surface area contributed by atoms with Gasteiger partial charge in [0.25, 0.3) is 0 Å². The molecule has 2 aromatic carbocycles. The third-order valence-corrected chi connectivity index (χ3v) is 6.47. The Hall–Kier alpha value is -3.06. The van der Waals surface area contributed by atoms with Gasteiger partial charge in [-0.1, -0.05) is 36.6 Å². The highest BCUT2D eigenvalue weighted by Gasteiger charge is 2.26. The Morgan fingerprint density at radius 1 is 1.10 bits per heavy atom. The zero-order valence-corrected chi connectivity index (χ0v) is 18.7. The fraction of sp³-hybridized carbons (Fsp3) is 0.333. The van der Waals surface area contributed by atoms with Crippen LogP contribution in [0.2, 0.25) is 0 Å². The zero-order chi connectivity index (χ0) is 21.4. The number of hydrogen-bond acceptors (Lipinski definition) is 4. The number of aryl methyl sites for hydroxylation is 2. The minimum absolute atomic E-state index is 0.425. The molecule has 0 radical (unpaired) electrons. The van der Waals surface area contributed by atoms with Crippen LogP contribution in [0.4, 0.5) is 5.69 Å². The van der Waals surface area contributed by atoms with Gasteiger partial charge in [-0.2, -0.15) is 4.52 Å². The lowest BCUT2D eigenvalue weighted by Gasteiger charge is -2.32. The van der Waals surface area contributed by atoms with Gasteiger partial charge in [0.05, 0.1) is 5.52 Å². The summed E-state index contributed by atoms with van der Waals surface area (Å²) >= 11 is 5.91. The van der Waals surface area contributed by atoms with Crippen LogP contribution in [0.1, 0.15) is 42.4 Å². The van der Waals surface area contributed by atoms with E-state index in [4.69, 9.17) is 12.2 Å². The number of hydrogen-bond donors (Lipinski definition) is 1. The molecule has 0 spiro atoms. The lowest BCUT2D eigenvalue weighted by molar-refractivity contribution is 0.313. The van der Waals surface area contributed by atoms with Gasteiger partial charge in [-0.05, 0) is 85.2 Å². The second kappa shape index (κ2) is 8.23. The molecular formula is C24H26N6S. The molecule has 5 rings (SSSR count). The number of anilines is 1. The molecule has 31 heavy (non-hydrogen) atoms. The first-order chi connectivity index (χ1) is 15.1. The second-order valence-corrected chi connectivity index (χ2v) is 8.90. The number of fused-ring (bicyclic) bond motifs is 3. The molecule has 4 aromatic rings. The Balaban J connectivity index is 1.52. The van der Waals surface area contributed by atoms with Gasteiger partial charge in [0.1, 0.15) is 0 Å². The molecule has 0 unspecified atom stereocenters. The van der Waals surface area contributed by atoms with E-state index >= 15 is 0 Å². The Kier molecular flexibility index (Phi) is 5.28. The molecule has 1 aliphatic rings. The standard InChI is InChI=1S/C24H26N6S/c1-16-6-5-7-20(13-16)25-24(31)29(21-8-3-4-9-21)15-19-14-18-12-17(2)10-11-22(18)30-23(19)26-27-28-30/h5-7,10-14,21H,3-4,8-9,15H2,1-2H3,(H,25,31). The van der Waals surface area contributed by atoms with Gasteiger partial charge in [0.15, 0.2) is 10.8 Å². The number of aromatic nitrogens is 4. The van der Waals surface area contributed by atoms with Gasteiger partial charge < -0.3 is 10.2 Å². The van der Waals surface area contributed by atoms with Crippen LogP contribution in [-0.2, 0) is 6.54 Å². The number of pyridine rings is 1. The Morgan fingerprint density at radius 3 is 2.71 bits per heavy atom. The number of nitrogens with zero attached hydrogens (tertiary/aromatic N) is 5. The Morgan fingerprint density at radius 2 is 1.90 bits per heavy atom. The molecule has 6 nitrogen and oxygen atoms in total. The van der Waals surface area contributed by atoms with Gasteiger partial charge in [0.2, 0.25) is 0 Å². The van der Waals surface area contributed by atoms with Crippen molar-refractivity contribution in [3.05, 3.63) is 65.2 Å². The number of benzene rings is 2. The van der Waals surface area contributed by atoms with E-state index in [9.17, 15) is 0 Å². The zero-order valence-electron chi connectivity index (χ0n) is 17.9. The fourth-order valence-corrected chi connectivity index (χ4v) is 4.92. The highest BCUT2D eigenvalue weighted by molar-refractivity contribution is 7.80. The van der Waals surface area contributed by atoms with Crippen LogP contribution in [0.3, 0.4) is 0 Å². The fourth-order valence-electron chi connectivity index (χ4n) is 4.58. The lowest BCUT2D eigenvalue weighted by Crippen LogP contribution is -2.41. The topological polar surface area (TPSA) is 58.4 Å². The summed E-state index contributed by atoms with van der Waals surface area (Å²) in [5, 5.41) is 17.9. The summed E-state index contributed by atoms with van der Waals surface area (Å²) in [6, 6.07) is 17.3. The first kappa shape index (κ1) is 19.9. The quantitative estimate of drug-likeness (QED) is 0.458. The van der Waals surface area contributed by atoms with Crippen molar-refractivity contribution in [3.8, 4) is 0 Å². The summed E-state index contributed by atoms with van der Waals surface area (Å²) in [5.74, 6) is 0. The maximum absolute atomic E-state index is 5.91. The maximum atomic E-state index is 5.91. The predicted molar refractivity (Wildman–Crippen MR) is 128 cm³/mol. The van der Waals surface area contributed by atoms with E-state index in [-0.39, 0.29) is 0 Å². The van der Waals surface area contributed by atoms with Crippen molar-refractivity contribution in [1.82, 2.24) is 24.9 Å². The van der Waals surface area contributed by atoms with Crippen molar-refractivity contribution < 1.29 is 0 Å². The molecule has 0 amide bonds. The van der Waals surface area contributed by atoms with Crippen molar-refractivity contribution in [2.24, 2.45) is 0 Å². The average Bonchev–Trinajstić information content (AvgIpc) is 3.44. The summed E-state index contributed by atoms with van der Waals surface area (Å²) in [4.78, 5) is 2.33. The SMILES string of the molecule is Cc1cccc(NC(=S)N(Cc2cc3cc(C)ccc3n3nnnc23)C2CCCC2)c1. The molecule has 0 bridgehead atoms. The number of rotatable bonds is 4. The van der Waals surface area contributed by atoms with Crippen LogP contribution in [0.5, 0.6) is 0 Å². The van der Waals surface area contributed by atoms with E-state index in [1.807, 2.05) is 4.52 Å². The molecule has 0 saturated heterocycles. The summed E-state index contributed by atoms with van der Waals surface area (Å²) in [6.07, 6.45) is 4.80. The predicted octanol–water partition coefficient (Wildman–Crippen LogP) is 5.04. The molecule has 0 atom stereocenters. The summed E-state index contributed by atoms with van der Waals surface area (Å²) < 4.78 is 1.84. The van der Waals surface area contributed by atoms with Gasteiger partial charge in [-0.3, -0.25) is 0 Å². The maximum Gasteiger partial charge on any atom is 0.184 e. The minimum Gasteiger partial charge on any atom is -0.342 e. The monoisotopic (exact) mass is 430 g/mol. The Labute approximate surface area is 187 Å². The molecule has 2 heterocycles. The van der Waals surface area contributed by atoms with Gasteiger partial charge >= 0.3 is 0 Å². The van der Waals surface area contributed by atoms with Crippen molar-refractivity contribution in [2.75, 3.05) is 5.32 Å². The summed E-state index contributed by atoms with van der Waals surface area (Å²) in [6.45, 7) is 4.87. The first-order valence-corrected chi connectivity index (χ1v) is 11.2. The number of tetrazole rings is 1. The largest absolute Gasteiger partial charge is 0.342 e. The van der Waals surface area contributed by atoms with Crippen LogP contribution in [0, 0.1) is 13.8 Å². The second-order valence-electron chi connectivity index (χ2n) is 8.51. The summed E-state index contributed by atoms with van der Waals surface area (Å²) in [5.41, 5.74) is 6.34. The van der Waals surface area contributed by atoms with Crippen molar-refractivity contribution in [3.63, 3.8) is 0 Å². The van der Waals surface area contributed by atoms with Crippen LogP contribution in [-0.4, -0.2) is 36.1 Å². The van der Waals surface area contributed by atoms with Crippen LogP contribution < -0.4 is 5.32 Å². The van der Waals surface area contributed by atoms with E-state index in [2.05, 4.69) is 88.1 Å². The normalized spacial score (nSPS) is 14.4. The van der Waals surface area contributed by atoms with E-state index < -0.39 is 0 Å². The third kappa shape index (κ3) is 3.97. The minimum atomic E-state index is 0.425. The molecular weight excluding hydrogens is 404 g/mol.